The molecule has 74 valence electrons. The number of hydrogen-bond donors (Lipinski definition) is 0. The zero-order chi connectivity index (χ0) is 9.84. The molecular weight excluding hydrogens is 168 g/mol. The summed E-state index contributed by atoms with van der Waals surface area (Å²) in [6.45, 7) is 3.87. The Morgan fingerprint density at radius 1 is 1.38 bits per heavy atom. The molecule has 0 saturated heterocycles. The van der Waals surface area contributed by atoms with Crippen LogP contribution in [0.15, 0.2) is 0 Å². The summed E-state index contributed by atoms with van der Waals surface area (Å²) in [4.78, 5) is 21.9. The molecule has 0 radical (unpaired) electrons. The molecule has 0 bridgehead atoms. The van der Waals surface area contributed by atoms with Gasteiger partial charge in [-0.25, -0.2) is 0 Å². The van der Waals surface area contributed by atoms with Gasteiger partial charge in [0, 0.05) is 12.3 Å². The van der Waals surface area contributed by atoms with Crippen LogP contribution < -0.4 is 0 Å². The maximum atomic E-state index is 11.0. The quantitative estimate of drug-likeness (QED) is 0.623. The van der Waals surface area contributed by atoms with Gasteiger partial charge in [-0.2, -0.15) is 0 Å². The standard InChI is InChI=1S/C10H16O3/c1-3-13-10(12)6-8-4-9(5-8)7(2)11/h8-9H,3-6H2,1-2H3. The first-order valence-electron chi connectivity index (χ1n) is 4.79. The van der Waals surface area contributed by atoms with Crippen LogP contribution in [0.5, 0.6) is 0 Å². The molecule has 1 aliphatic carbocycles. The fourth-order valence-corrected chi connectivity index (χ4v) is 1.69. The predicted molar refractivity (Wildman–Crippen MR) is 48.1 cm³/mol. The molecule has 13 heavy (non-hydrogen) atoms. The average molecular weight is 184 g/mol. The number of rotatable bonds is 4. The maximum Gasteiger partial charge on any atom is 0.306 e. The van der Waals surface area contributed by atoms with Gasteiger partial charge in [-0.15, -0.1) is 0 Å². The van der Waals surface area contributed by atoms with E-state index >= 15 is 0 Å². The van der Waals surface area contributed by atoms with Gasteiger partial charge >= 0.3 is 5.97 Å². The highest BCUT2D eigenvalue weighted by Gasteiger charge is 2.33. The summed E-state index contributed by atoms with van der Waals surface area (Å²) in [7, 11) is 0. The number of hydrogen-bond acceptors (Lipinski definition) is 3. The molecule has 0 unspecified atom stereocenters. The molecular formula is C10H16O3. The van der Waals surface area contributed by atoms with Crippen molar-refractivity contribution in [3.8, 4) is 0 Å². The van der Waals surface area contributed by atoms with E-state index in [4.69, 9.17) is 4.74 Å². The van der Waals surface area contributed by atoms with Crippen molar-refractivity contribution in [2.24, 2.45) is 11.8 Å². The second-order valence-electron chi connectivity index (χ2n) is 3.65. The molecule has 0 amide bonds. The van der Waals surface area contributed by atoms with Crippen molar-refractivity contribution >= 4 is 11.8 Å². The van der Waals surface area contributed by atoms with Crippen molar-refractivity contribution in [3.63, 3.8) is 0 Å². The smallest absolute Gasteiger partial charge is 0.306 e. The summed E-state index contributed by atoms with van der Waals surface area (Å²) in [6.07, 6.45) is 2.22. The molecule has 0 spiro atoms. The van der Waals surface area contributed by atoms with Gasteiger partial charge in [0.05, 0.1) is 6.61 Å². The van der Waals surface area contributed by atoms with Crippen molar-refractivity contribution in [1.82, 2.24) is 0 Å². The number of carbonyl (C=O) groups excluding carboxylic acids is 2. The topological polar surface area (TPSA) is 43.4 Å². The largest absolute Gasteiger partial charge is 0.466 e. The van der Waals surface area contributed by atoms with Crippen molar-refractivity contribution in [2.75, 3.05) is 6.61 Å². The van der Waals surface area contributed by atoms with Gasteiger partial charge in [0.15, 0.2) is 0 Å². The molecule has 3 heteroatoms. The Labute approximate surface area is 78.5 Å². The SMILES string of the molecule is CCOC(=O)CC1CC(C(C)=O)C1. The molecule has 1 fully saturated rings. The fraction of sp³-hybridized carbons (Fsp3) is 0.800. The predicted octanol–water partition coefficient (Wildman–Crippen LogP) is 1.55. The number of ether oxygens (including phenoxy) is 1. The number of ketones is 1. The fourth-order valence-electron chi connectivity index (χ4n) is 1.69. The summed E-state index contributed by atoms with van der Waals surface area (Å²) in [5.41, 5.74) is 0. The van der Waals surface area contributed by atoms with Crippen molar-refractivity contribution < 1.29 is 14.3 Å². The van der Waals surface area contributed by atoms with E-state index in [1.54, 1.807) is 13.8 Å². The first kappa shape index (κ1) is 10.2. The van der Waals surface area contributed by atoms with E-state index in [0.717, 1.165) is 12.8 Å². The maximum absolute atomic E-state index is 11.0. The van der Waals surface area contributed by atoms with Crippen LogP contribution in [0.4, 0.5) is 0 Å². The Balaban J connectivity index is 2.14. The van der Waals surface area contributed by atoms with E-state index in [1.807, 2.05) is 0 Å². The second-order valence-corrected chi connectivity index (χ2v) is 3.65. The molecule has 0 aromatic rings. The molecule has 1 saturated carbocycles. The third-order valence-corrected chi connectivity index (χ3v) is 2.57. The number of Topliss-reactive ketones (excluding diaryl/α,β-unsaturated/α-hetero) is 1. The van der Waals surface area contributed by atoms with Gasteiger partial charge in [0.25, 0.3) is 0 Å². The normalized spacial score (nSPS) is 26.3. The molecule has 1 aliphatic rings. The van der Waals surface area contributed by atoms with E-state index in [9.17, 15) is 9.59 Å². The molecule has 0 aliphatic heterocycles. The molecule has 0 aromatic carbocycles. The lowest BCUT2D eigenvalue weighted by atomic mass is 9.71. The zero-order valence-electron chi connectivity index (χ0n) is 8.21. The van der Waals surface area contributed by atoms with Gasteiger partial charge in [-0.3, -0.25) is 9.59 Å². The molecule has 0 atom stereocenters. The van der Waals surface area contributed by atoms with E-state index in [2.05, 4.69) is 0 Å². The second kappa shape index (κ2) is 4.40. The van der Waals surface area contributed by atoms with E-state index < -0.39 is 0 Å². The summed E-state index contributed by atoms with van der Waals surface area (Å²) in [5, 5.41) is 0. The molecule has 3 nitrogen and oxygen atoms in total. The summed E-state index contributed by atoms with van der Waals surface area (Å²) >= 11 is 0. The average Bonchev–Trinajstić information content (AvgIpc) is 1.95. The first-order valence-corrected chi connectivity index (χ1v) is 4.79. The van der Waals surface area contributed by atoms with Crippen LogP contribution in [0.2, 0.25) is 0 Å². The highest BCUT2D eigenvalue weighted by molar-refractivity contribution is 5.79. The van der Waals surface area contributed by atoms with Crippen LogP contribution in [0.3, 0.4) is 0 Å². The lowest BCUT2D eigenvalue weighted by Crippen LogP contribution is -2.30. The molecule has 0 N–H and O–H groups in total. The van der Waals surface area contributed by atoms with Crippen molar-refractivity contribution in [1.29, 1.82) is 0 Å². The van der Waals surface area contributed by atoms with Crippen LogP contribution in [-0.2, 0) is 14.3 Å². The van der Waals surface area contributed by atoms with Crippen LogP contribution >= 0.6 is 0 Å². The Morgan fingerprint density at radius 3 is 2.46 bits per heavy atom. The van der Waals surface area contributed by atoms with Crippen molar-refractivity contribution in [3.05, 3.63) is 0 Å². The molecule has 0 aromatic heterocycles. The highest BCUT2D eigenvalue weighted by atomic mass is 16.5. The molecule has 0 heterocycles. The minimum absolute atomic E-state index is 0.130. The van der Waals surface area contributed by atoms with Crippen LogP contribution in [-0.4, -0.2) is 18.4 Å². The monoisotopic (exact) mass is 184 g/mol. The number of carbonyl (C=O) groups is 2. The van der Waals surface area contributed by atoms with Crippen LogP contribution in [0, 0.1) is 11.8 Å². The first-order chi connectivity index (χ1) is 6.13. The van der Waals surface area contributed by atoms with E-state index in [0.29, 0.717) is 18.9 Å². The minimum Gasteiger partial charge on any atom is -0.466 e. The third-order valence-electron chi connectivity index (χ3n) is 2.57. The summed E-state index contributed by atoms with van der Waals surface area (Å²) < 4.78 is 4.82. The Morgan fingerprint density at radius 2 is 2.00 bits per heavy atom. The van der Waals surface area contributed by atoms with Gasteiger partial charge in [-0.1, -0.05) is 0 Å². The van der Waals surface area contributed by atoms with Crippen LogP contribution in [0.25, 0.3) is 0 Å². The number of esters is 1. The van der Waals surface area contributed by atoms with Gasteiger partial charge in [0.1, 0.15) is 5.78 Å². The zero-order valence-corrected chi connectivity index (χ0v) is 8.21. The van der Waals surface area contributed by atoms with Gasteiger partial charge in [0.2, 0.25) is 0 Å². The van der Waals surface area contributed by atoms with Crippen LogP contribution in [0.1, 0.15) is 33.1 Å². The van der Waals surface area contributed by atoms with E-state index in [1.165, 1.54) is 0 Å². The Hall–Kier alpha value is -0.860. The summed E-state index contributed by atoms with van der Waals surface area (Å²) in [6, 6.07) is 0. The lowest BCUT2D eigenvalue weighted by molar-refractivity contribution is -0.146. The lowest BCUT2D eigenvalue weighted by Gasteiger charge is -2.32. The Kier molecular flexibility index (Phi) is 3.46. The van der Waals surface area contributed by atoms with Gasteiger partial charge in [-0.05, 0) is 32.6 Å². The highest BCUT2D eigenvalue weighted by Crippen LogP contribution is 2.36. The van der Waals surface area contributed by atoms with Crippen molar-refractivity contribution in [2.45, 2.75) is 33.1 Å². The molecule has 1 rings (SSSR count). The van der Waals surface area contributed by atoms with Gasteiger partial charge < -0.3 is 4.74 Å². The minimum atomic E-state index is -0.130. The summed E-state index contributed by atoms with van der Waals surface area (Å²) in [5.74, 6) is 0.710. The third kappa shape index (κ3) is 2.83. The van der Waals surface area contributed by atoms with E-state index in [-0.39, 0.29) is 17.7 Å². The Bertz CT molecular complexity index is 204.